The van der Waals surface area contributed by atoms with Gasteiger partial charge < -0.3 is 15.1 Å². The zero-order chi connectivity index (χ0) is 11.1. The Morgan fingerprint density at radius 1 is 1.00 bits per heavy atom. The number of hydrogen-bond donors (Lipinski definition) is 1. The molecule has 0 bridgehead atoms. The molecule has 0 aromatic rings. The van der Waals surface area contributed by atoms with E-state index in [0.29, 0.717) is 13.0 Å². The lowest BCUT2D eigenvalue weighted by Crippen LogP contribution is -2.35. The number of likely N-dealkylation sites (N-methyl/N-ethyl adjacent to an activating group) is 1. The Morgan fingerprint density at radius 2 is 1.50 bits per heavy atom. The zero-order valence-corrected chi connectivity index (χ0v) is 9.33. The Kier molecular flexibility index (Phi) is 5.87. The second-order valence-corrected chi connectivity index (χ2v) is 3.50. The highest BCUT2D eigenvalue weighted by Crippen LogP contribution is 1.84. The molecule has 0 saturated heterocycles. The van der Waals surface area contributed by atoms with Crippen LogP contribution in [-0.2, 0) is 9.59 Å². The van der Waals surface area contributed by atoms with E-state index in [0.717, 1.165) is 0 Å². The summed E-state index contributed by atoms with van der Waals surface area (Å²) >= 11 is 0. The maximum atomic E-state index is 11.1. The smallest absolute Gasteiger partial charge is 0.236 e. The molecule has 0 unspecified atom stereocenters. The summed E-state index contributed by atoms with van der Waals surface area (Å²) in [5.41, 5.74) is 0. The molecule has 0 fully saturated rings. The van der Waals surface area contributed by atoms with Gasteiger partial charge in [0.15, 0.2) is 0 Å². The minimum absolute atomic E-state index is 0.0160. The van der Waals surface area contributed by atoms with E-state index in [1.165, 1.54) is 9.80 Å². The molecule has 0 aromatic heterocycles. The normalized spacial score (nSPS) is 9.71. The Balaban J connectivity index is 3.48. The van der Waals surface area contributed by atoms with Gasteiger partial charge in [0, 0.05) is 41.2 Å². The van der Waals surface area contributed by atoms with E-state index in [4.69, 9.17) is 0 Å². The summed E-state index contributed by atoms with van der Waals surface area (Å²) in [5.74, 6) is 0.0807. The average molecular weight is 201 g/mol. The fraction of sp³-hybridized carbons (Fsp3) is 0.778. The molecule has 2 amide bonds. The molecular formula is C9H19N3O2. The Morgan fingerprint density at radius 3 is 1.93 bits per heavy atom. The first-order valence-electron chi connectivity index (χ1n) is 4.56. The van der Waals surface area contributed by atoms with Gasteiger partial charge in [0.1, 0.15) is 0 Å². The number of rotatable bonds is 5. The van der Waals surface area contributed by atoms with Crippen molar-refractivity contribution >= 4 is 11.8 Å². The van der Waals surface area contributed by atoms with Gasteiger partial charge in [-0.2, -0.15) is 0 Å². The van der Waals surface area contributed by atoms with Crippen molar-refractivity contribution in [1.29, 1.82) is 0 Å². The molecule has 0 heterocycles. The minimum Gasteiger partial charge on any atom is -0.349 e. The summed E-state index contributed by atoms with van der Waals surface area (Å²) in [4.78, 5) is 25.3. The molecule has 14 heavy (non-hydrogen) atoms. The largest absolute Gasteiger partial charge is 0.349 e. The summed E-state index contributed by atoms with van der Waals surface area (Å²) in [6, 6.07) is 0. The van der Waals surface area contributed by atoms with E-state index in [9.17, 15) is 9.59 Å². The van der Waals surface area contributed by atoms with E-state index >= 15 is 0 Å². The zero-order valence-electron chi connectivity index (χ0n) is 9.33. The lowest BCUT2D eigenvalue weighted by molar-refractivity contribution is -0.130. The molecular weight excluding hydrogens is 182 g/mol. The van der Waals surface area contributed by atoms with Gasteiger partial charge in [0.05, 0.1) is 6.54 Å². The van der Waals surface area contributed by atoms with Crippen molar-refractivity contribution in [2.45, 2.75) is 6.42 Å². The van der Waals surface area contributed by atoms with Crippen molar-refractivity contribution in [3.8, 4) is 0 Å². The number of nitrogens with one attached hydrogen (secondary N) is 1. The van der Waals surface area contributed by atoms with Gasteiger partial charge in [-0.25, -0.2) is 0 Å². The van der Waals surface area contributed by atoms with Crippen molar-refractivity contribution < 1.29 is 9.59 Å². The molecule has 0 rings (SSSR count). The Hall–Kier alpha value is -1.10. The molecule has 0 spiro atoms. The number of carbonyl (C=O) groups excluding carboxylic acids is 2. The maximum absolute atomic E-state index is 11.1. The van der Waals surface area contributed by atoms with Crippen LogP contribution in [0.5, 0.6) is 0 Å². The van der Waals surface area contributed by atoms with Crippen molar-refractivity contribution in [3.05, 3.63) is 0 Å². The number of nitrogens with zero attached hydrogens (tertiary/aromatic N) is 2. The van der Waals surface area contributed by atoms with Crippen LogP contribution >= 0.6 is 0 Å². The Bertz CT molecular complexity index is 180. The first-order chi connectivity index (χ1) is 6.45. The molecule has 0 atom stereocenters. The first-order valence-corrected chi connectivity index (χ1v) is 4.56. The fourth-order valence-electron chi connectivity index (χ4n) is 0.772. The molecule has 0 aliphatic rings. The molecule has 1 N–H and O–H groups in total. The summed E-state index contributed by atoms with van der Waals surface area (Å²) in [7, 11) is 6.84. The molecule has 0 aromatic carbocycles. The van der Waals surface area contributed by atoms with Crippen LogP contribution in [0.1, 0.15) is 6.42 Å². The predicted octanol–water partition coefficient (Wildman–Crippen LogP) is -0.857. The molecule has 0 aliphatic heterocycles. The van der Waals surface area contributed by atoms with Crippen LogP contribution in [0.2, 0.25) is 0 Å². The van der Waals surface area contributed by atoms with Crippen molar-refractivity contribution in [2.75, 3.05) is 41.3 Å². The van der Waals surface area contributed by atoms with E-state index in [1.54, 1.807) is 28.2 Å². The van der Waals surface area contributed by atoms with Gasteiger partial charge in [-0.05, 0) is 0 Å². The predicted molar refractivity (Wildman–Crippen MR) is 54.9 cm³/mol. The van der Waals surface area contributed by atoms with Crippen LogP contribution in [0.15, 0.2) is 0 Å². The van der Waals surface area contributed by atoms with E-state index in [-0.39, 0.29) is 18.4 Å². The highest BCUT2D eigenvalue weighted by Gasteiger charge is 2.05. The first kappa shape index (κ1) is 12.9. The van der Waals surface area contributed by atoms with E-state index in [2.05, 4.69) is 5.32 Å². The van der Waals surface area contributed by atoms with Gasteiger partial charge in [-0.1, -0.05) is 0 Å². The third kappa shape index (κ3) is 5.53. The third-order valence-corrected chi connectivity index (χ3v) is 1.79. The SMILES string of the molecule is CN(C)C(=O)CCNCC(=O)N(C)C. The van der Waals surface area contributed by atoms with E-state index in [1.807, 2.05) is 0 Å². The molecule has 82 valence electrons. The molecule has 0 saturated carbocycles. The van der Waals surface area contributed by atoms with Gasteiger partial charge in [-0.3, -0.25) is 9.59 Å². The van der Waals surface area contributed by atoms with Crippen LogP contribution in [-0.4, -0.2) is 62.9 Å². The second-order valence-electron chi connectivity index (χ2n) is 3.50. The van der Waals surface area contributed by atoms with Crippen LogP contribution in [0.3, 0.4) is 0 Å². The second kappa shape index (κ2) is 6.37. The number of amides is 2. The summed E-state index contributed by atoms with van der Waals surface area (Å²) in [6.07, 6.45) is 0.424. The quantitative estimate of drug-likeness (QED) is 0.589. The lowest BCUT2D eigenvalue weighted by atomic mass is 10.4. The highest BCUT2D eigenvalue weighted by molar-refractivity contribution is 5.78. The molecule has 0 aliphatic carbocycles. The van der Waals surface area contributed by atoms with Crippen molar-refractivity contribution in [2.24, 2.45) is 0 Å². The van der Waals surface area contributed by atoms with Crippen molar-refractivity contribution in [3.63, 3.8) is 0 Å². The van der Waals surface area contributed by atoms with Crippen LogP contribution in [0.4, 0.5) is 0 Å². The van der Waals surface area contributed by atoms with Gasteiger partial charge in [-0.15, -0.1) is 0 Å². The summed E-state index contributed by atoms with van der Waals surface area (Å²) in [5, 5.41) is 2.91. The standard InChI is InChI=1S/C9H19N3O2/c1-11(2)8(13)5-6-10-7-9(14)12(3)4/h10H,5-7H2,1-4H3. The summed E-state index contributed by atoms with van der Waals surface area (Å²) < 4.78 is 0. The van der Waals surface area contributed by atoms with Crippen LogP contribution in [0.25, 0.3) is 0 Å². The molecule has 0 radical (unpaired) electrons. The third-order valence-electron chi connectivity index (χ3n) is 1.79. The number of carbonyl (C=O) groups is 2. The fourth-order valence-corrected chi connectivity index (χ4v) is 0.772. The van der Waals surface area contributed by atoms with Crippen LogP contribution in [0, 0.1) is 0 Å². The monoisotopic (exact) mass is 201 g/mol. The van der Waals surface area contributed by atoms with E-state index < -0.39 is 0 Å². The average Bonchev–Trinajstić information content (AvgIpc) is 2.11. The molecule has 5 nitrogen and oxygen atoms in total. The maximum Gasteiger partial charge on any atom is 0.236 e. The lowest BCUT2D eigenvalue weighted by Gasteiger charge is -2.12. The molecule has 5 heteroatoms. The Labute approximate surface area is 85.1 Å². The van der Waals surface area contributed by atoms with Gasteiger partial charge in [0.25, 0.3) is 0 Å². The number of hydrogen-bond acceptors (Lipinski definition) is 3. The van der Waals surface area contributed by atoms with Crippen molar-refractivity contribution in [1.82, 2.24) is 15.1 Å². The summed E-state index contributed by atoms with van der Waals surface area (Å²) in [6.45, 7) is 0.824. The van der Waals surface area contributed by atoms with Crippen LogP contribution < -0.4 is 5.32 Å². The topological polar surface area (TPSA) is 52.7 Å². The minimum atomic E-state index is 0.0160. The highest BCUT2D eigenvalue weighted by atomic mass is 16.2. The van der Waals surface area contributed by atoms with Gasteiger partial charge >= 0.3 is 0 Å². The van der Waals surface area contributed by atoms with Gasteiger partial charge in [0.2, 0.25) is 11.8 Å².